The average molecular weight is 650 g/mol. The van der Waals surface area contributed by atoms with Gasteiger partial charge in [-0.1, -0.05) is 6.07 Å². The standard InChI is InChI=1S/C29H47N9O8/c30-10-2-1-5-20(27(44)36-19(6-3-11-35-29(32)33)26(43)34-12-14-46-17-24(31)41)37-28(45)21-7-4-13-38(21)25(42)16-18-8-9-22(39)23(40)15-18/h8-9,15,19-21,39-40H,1-7,10-14,16-17,30H2,(H2,31,41)(H,34,43)(H,36,44)(H,37,45)(H4,32,33,35). The monoisotopic (exact) mass is 649 g/mol. The van der Waals surface area contributed by atoms with Crippen LogP contribution in [0.25, 0.3) is 0 Å². The molecule has 13 N–H and O–H groups in total. The molecule has 1 heterocycles. The fourth-order valence-electron chi connectivity index (χ4n) is 4.91. The maximum Gasteiger partial charge on any atom is 0.243 e. The lowest BCUT2D eigenvalue weighted by atomic mass is 10.0. The molecular formula is C29H47N9O8. The number of unbranched alkanes of at least 4 members (excludes halogenated alkanes) is 1. The second-order valence-electron chi connectivity index (χ2n) is 10.9. The van der Waals surface area contributed by atoms with Crippen LogP contribution < -0.4 is 38.9 Å². The maximum absolute atomic E-state index is 13.5. The Balaban J connectivity index is 2.11. The Morgan fingerprint density at radius 1 is 0.978 bits per heavy atom. The summed E-state index contributed by atoms with van der Waals surface area (Å²) in [6, 6.07) is 1.24. The third-order valence-corrected chi connectivity index (χ3v) is 7.22. The first-order valence-corrected chi connectivity index (χ1v) is 15.2. The fourth-order valence-corrected chi connectivity index (χ4v) is 4.91. The van der Waals surface area contributed by atoms with Gasteiger partial charge in [0.2, 0.25) is 29.5 Å². The summed E-state index contributed by atoms with van der Waals surface area (Å²) in [4.78, 5) is 69.3. The molecule has 1 aliphatic heterocycles. The zero-order chi connectivity index (χ0) is 34.1. The summed E-state index contributed by atoms with van der Waals surface area (Å²) in [6.07, 6.45) is 2.77. The van der Waals surface area contributed by atoms with E-state index in [-0.39, 0.29) is 68.9 Å². The number of benzene rings is 1. The van der Waals surface area contributed by atoms with Gasteiger partial charge in [-0.25, -0.2) is 0 Å². The van der Waals surface area contributed by atoms with Crippen molar-refractivity contribution in [2.75, 3.05) is 39.4 Å². The molecule has 3 unspecified atom stereocenters. The van der Waals surface area contributed by atoms with Crippen molar-refractivity contribution in [1.82, 2.24) is 20.9 Å². The smallest absolute Gasteiger partial charge is 0.243 e. The van der Waals surface area contributed by atoms with E-state index in [1.165, 1.54) is 23.1 Å². The predicted molar refractivity (Wildman–Crippen MR) is 168 cm³/mol. The van der Waals surface area contributed by atoms with E-state index in [9.17, 15) is 34.2 Å². The van der Waals surface area contributed by atoms with Crippen LogP contribution in [0.3, 0.4) is 0 Å². The Morgan fingerprint density at radius 2 is 1.70 bits per heavy atom. The van der Waals surface area contributed by atoms with Crippen molar-refractivity contribution < 1.29 is 38.9 Å². The molecule has 46 heavy (non-hydrogen) atoms. The largest absolute Gasteiger partial charge is 0.504 e. The second kappa shape index (κ2) is 19.7. The molecule has 1 saturated heterocycles. The molecule has 0 saturated carbocycles. The minimum absolute atomic E-state index is 0.0195. The Morgan fingerprint density at radius 3 is 2.37 bits per heavy atom. The number of nitrogens with two attached hydrogens (primary N) is 4. The quantitative estimate of drug-likeness (QED) is 0.0305. The minimum atomic E-state index is -1.02. The lowest BCUT2D eigenvalue weighted by Gasteiger charge is -2.27. The minimum Gasteiger partial charge on any atom is -0.504 e. The molecule has 0 bridgehead atoms. The molecule has 256 valence electrons. The molecule has 17 heteroatoms. The number of hydrogen-bond donors (Lipinski definition) is 9. The normalized spacial score (nSPS) is 15.4. The van der Waals surface area contributed by atoms with Crippen molar-refractivity contribution in [3.8, 4) is 11.5 Å². The summed E-state index contributed by atoms with van der Waals surface area (Å²) >= 11 is 0. The van der Waals surface area contributed by atoms with Gasteiger partial charge in [0.1, 0.15) is 24.7 Å². The highest BCUT2D eigenvalue weighted by molar-refractivity contribution is 5.94. The van der Waals surface area contributed by atoms with Crippen molar-refractivity contribution in [3.63, 3.8) is 0 Å². The van der Waals surface area contributed by atoms with Gasteiger partial charge in [0.15, 0.2) is 17.5 Å². The number of phenolic OH excluding ortho intramolecular Hbond substituents is 2. The highest BCUT2D eigenvalue weighted by Gasteiger charge is 2.36. The first-order valence-electron chi connectivity index (χ1n) is 15.2. The molecule has 1 fully saturated rings. The topological polar surface area (TPSA) is 291 Å². The molecule has 3 atom stereocenters. The molecule has 2 rings (SSSR count). The van der Waals surface area contributed by atoms with Crippen molar-refractivity contribution >= 4 is 35.5 Å². The van der Waals surface area contributed by atoms with Crippen molar-refractivity contribution in [2.45, 2.75) is 69.5 Å². The molecule has 1 aromatic carbocycles. The van der Waals surface area contributed by atoms with E-state index in [1.54, 1.807) is 0 Å². The number of aromatic hydroxyl groups is 2. The summed E-state index contributed by atoms with van der Waals surface area (Å²) in [5, 5.41) is 27.4. The van der Waals surface area contributed by atoms with Gasteiger partial charge < -0.3 is 58.7 Å². The molecule has 0 aromatic heterocycles. The first-order chi connectivity index (χ1) is 21.9. The molecule has 1 aliphatic rings. The van der Waals surface area contributed by atoms with E-state index in [0.717, 1.165) is 0 Å². The Bertz CT molecular complexity index is 1230. The van der Waals surface area contributed by atoms with Crippen LogP contribution in [0, 0.1) is 0 Å². The van der Waals surface area contributed by atoms with E-state index < -0.39 is 41.8 Å². The van der Waals surface area contributed by atoms with E-state index in [2.05, 4.69) is 20.9 Å². The number of hydrogen-bond acceptors (Lipinski definition) is 10. The second-order valence-corrected chi connectivity index (χ2v) is 10.9. The van der Waals surface area contributed by atoms with Crippen LogP contribution in [0.15, 0.2) is 23.2 Å². The highest BCUT2D eigenvalue weighted by Crippen LogP contribution is 2.26. The van der Waals surface area contributed by atoms with Crippen LogP contribution in [-0.4, -0.2) is 108 Å². The van der Waals surface area contributed by atoms with Gasteiger partial charge in [-0.3, -0.25) is 29.0 Å². The SMILES string of the molecule is NCCCCC(NC(=O)C1CCCN1C(=O)Cc1ccc(O)c(O)c1)C(=O)NC(CCCN=C(N)N)C(=O)NCCOCC(N)=O. The number of likely N-dealkylation sites (tertiary alicyclic amines) is 1. The van der Waals surface area contributed by atoms with E-state index in [0.29, 0.717) is 50.8 Å². The molecule has 0 radical (unpaired) electrons. The number of phenols is 2. The van der Waals surface area contributed by atoms with Crippen molar-refractivity contribution in [3.05, 3.63) is 23.8 Å². The van der Waals surface area contributed by atoms with E-state index in [1.807, 2.05) is 0 Å². The molecule has 1 aromatic rings. The number of aliphatic imine (C=N–C) groups is 1. The zero-order valence-corrected chi connectivity index (χ0v) is 25.9. The first kappa shape index (κ1) is 37.5. The summed E-state index contributed by atoms with van der Waals surface area (Å²) in [5.41, 5.74) is 21.9. The summed E-state index contributed by atoms with van der Waals surface area (Å²) in [7, 11) is 0. The van der Waals surface area contributed by atoms with E-state index in [4.69, 9.17) is 27.7 Å². The molecule has 0 spiro atoms. The number of primary amides is 1. The molecule has 5 amide bonds. The summed E-state index contributed by atoms with van der Waals surface area (Å²) in [5.74, 6) is -3.38. The Kier molecular flexibility index (Phi) is 16.1. The van der Waals surface area contributed by atoms with Gasteiger partial charge in [-0.05, 0) is 69.2 Å². The zero-order valence-electron chi connectivity index (χ0n) is 25.9. The third kappa shape index (κ3) is 13.2. The molecular weight excluding hydrogens is 602 g/mol. The van der Waals surface area contributed by atoms with Crippen LogP contribution >= 0.6 is 0 Å². The number of guanidine groups is 1. The number of carbonyl (C=O) groups is 5. The van der Waals surface area contributed by atoms with Gasteiger partial charge in [0.05, 0.1) is 13.0 Å². The maximum atomic E-state index is 13.5. The van der Waals surface area contributed by atoms with Crippen molar-refractivity contribution in [1.29, 1.82) is 0 Å². The van der Waals surface area contributed by atoms with Crippen LogP contribution in [-0.2, 0) is 35.1 Å². The van der Waals surface area contributed by atoms with Gasteiger partial charge in [0, 0.05) is 19.6 Å². The average Bonchev–Trinajstić information content (AvgIpc) is 3.50. The van der Waals surface area contributed by atoms with E-state index >= 15 is 0 Å². The van der Waals surface area contributed by atoms with Gasteiger partial charge in [-0.15, -0.1) is 0 Å². The molecule has 17 nitrogen and oxygen atoms in total. The third-order valence-electron chi connectivity index (χ3n) is 7.22. The van der Waals surface area contributed by atoms with Crippen LogP contribution in [0.4, 0.5) is 0 Å². The predicted octanol–water partition coefficient (Wildman–Crippen LogP) is -2.60. The highest BCUT2D eigenvalue weighted by atomic mass is 16.5. The van der Waals surface area contributed by atoms with Gasteiger partial charge in [0.25, 0.3) is 0 Å². The number of nitrogens with zero attached hydrogens (tertiary/aromatic N) is 2. The summed E-state index contributed by atoms with van der Waals surface area (Å²) in [6.45, 7) is 0.711. The van der Waals surface area contributed by atoms with Crippen LogP contribution in [0.2, 0.25) is 0 Å². The number of ether oxygens (including phenoxy) is 1. The summed E-state index contributed by atoms with van der Waals surface area (Å²) < 4.78 is 5.06. The Labute approximate surface area is 267 Å². The number of rotatable bonds is 20. The number of amides is 5. The van der Waals surface area contributed by atoms with Gasteiger partial charge >= 0.3 is 0 Å². The van der Waals surface area contributed by atoms with Gasteiger partial charge in [-0.2, -0.15) is 0 Å². The Hall–Kier alpha value is -4.64. The molecule has 0 aliphatic carbocycles. The lowest BCUT2D eigenvalue weighted by Crippen LogP contribution is -2.56. The van der Waals surface area contributed by atoms with Crippen molar-refractivity contribution in [2.24, 2.45) is 27.9 Å². The lowest BCUT2D eigenvalue weighted by molar-refractivity contribution is -0.139. The van der Waals surface area contributed by atoms with Crippen LogP contribution in [0.1, 0.15) is 50.5 Å². The van der Waals surface area contributed by atoms with Crippen LogP contribution in [0.5, 0.6) is 11.5 Å². The number of nitrogens with one attached hydrogen (secondary N) is 3. The number of carbonyl (C=O) groups excluding carboxylic acids is 5. The fraction of sp³-hybridized carbons (Fsp3) is 0.586.